The summed E-state index contributed by atoms with van der Waals surface area (Å²) in [7, 11) is 0. The zero-order chi connectivity index (χ0) is 20.3. The van der Waals surface area contributed by atoms with Crippen LogP contribution in [-0.2, 0) is 25.4 Å². The van der Waals surface area contributed by atoms with E-state index >= 15 is 0 Å². The molecular formula is C24H28N2O4. The smallest absolute Gasteiger partial charge is 0.139 e. The predicted octanol–water partition coefficient (Wildman–Crippen LogP) is 2.29. The SMILES string of the molecule is O=CCN(CC1CO1)c1ccc(Cc2ccc(N(CC3CO3)CC3CO3)cc2)cc1. The maximum Gasteiger partial charge on any atom is 0.139 e. The number of ether oxygens (including phenoxy) is 3. The quantitative estimate of drug-likeness (QED) is 0.397. The number of hydrogen-bond acceptors (Lipinski definition) is 6. The van der Waals surface area contributed by atoms with Gasteiger partial charge in [0, 0.05) is 31.0 Å². The molecule has 3 fully saturated rings. The predicted molar refractivity (Wildman–Crippen MR) is 115 cm³/mol. The summed E-state index contributed by atoms with van der Waals surface area (Å²) < 4.78 is 16.1. The second-order valence-electron chi connectivity index (χ2n) is 8.35. The zero-order valence-corrected chi connectivity index (χ0v) is 17.1. The van der Waals surface area contributed by atoms with Gasteiger partial charge >= 0.3 is 0 Å². The molecule has 0 N–H and O–H groups in total. The van der Waals surface area contributed by atoms with E-state index in [1.165, 1.54) is 16.8 Å². The third-order valence-corrected chi connectivity index (χ3v) is 5.79. The van der Waals surface area contributed by atoms with Gasteiger partial charge in [-0.05, 0) is 41.8 Å². The molecule has 2 aromatic carbocycles. The molecule has 3 heterocycles. The lowest BCUT2D eigenvalue weighted by Crippen LogP contribution is -2.31. The van der Waals surface area contributed by atoms with E-state index in [4.69, 9.17) is 14.2 Å². The summed E-state index contributed by atoms with van der Waals surface area (Å²) in [5.41, 5.74) is 4.84. The van der Waals surface area contributed by atoms with Crippen LogP contribution in [0.3, 0.4) is 0 Å². The minimum absolute atomic E-state index is 0.265. The largest absolute Gasteiger partial charge is 0.371 e. The molecule has 0 amide bonds. The van der Waals surface area contributed by atoms with Crippen molar-refractivity contribution in [2.75, 3.05) is 55.8 Å². The second-order valence-corrected chi connectivity index (χ2v) is 8.35. The summed E-state index contributed by atoms with van der Waals surface area (Å²) in [5, 5.41) is 0. The Hall–Kier alpha value is -2.41. The number of carbonyl (C=O) groups excluding carboxylic acids is 1. The Morgan fingerprint density at radius 2 is 1.10 bits per heavy atom. The van der Waals surface area contributed by atoms with Crippen molar-refractivity contribution in [1.29, 1.82) is 0 Å². The highest BCUT2D eigenvalue weighted by atomic mass is 16.6. The summed E-state index contributed by atoms with van der Waals surface area (Å²) in [6.45, 7) is 5.57. The summed E-state index contributed by atoms with van der Waals surface area (Å²) >= 11 is 0. The van der Waals surface area contributed by atoms with Crippen LogP contribution in [-0.4, -0.2) is 70.6 Å². The number of rotatable bonds is 12. The van der Waals surface area contributed by atoms with Gasteiger partial charge in [-0.25, -0.2) is 0 Å². The highest BCUT2D eigenvalue weighted by molar-refractivity contribution is 5.61. The molecule has 3 aliphatic heterocycles. The maximum absolute atomic E-state index is 11.0. The molecule has 2 aromatic rings. The molecule has 0 aliphatic carbocycles. The molecule has 0 saturated carbocycles. The topological polar surface area (TPSA) is 61.1 Å². The Morgan fingerprint density at radius 1 is 0.700 bits per heavy atom. The standard InChI is InChI=1S/C24H28N2O4/c27-10-9-25(12-22-15-28-22)20-5-1-18(2-6-20)11-19-3-7-21(8-4-19)26(13-23-16-29-23)14-24-17-30-24/h1-8,10,22-24H,9,11-17H2. The van der Waals surface area contributed by atoms with Gasteiger partial charge in [-0.1, -0.05) is 24.3 Å². The molecule has 6 nitrogen and oxygen atoms in total. The van der Waals surface area contributed by atoms with Gasteiger partial charge in [0.2, 0.25) is 0 Å². The lowest BCUT2D eigenvalue weighted by molar-refractivity contribution is -0.106. The summed E-state index contributed by atoms with van der Waals surface area (Å²) in [4.78, 5) is 15.4. The molecule has 6 heteroatoms. The number of anilines is 2. The Bertz CT molecular complexity index is 829. The first-order chi connectivity index (χ1) is 14.8. The van der Waals surface area contributed by atoms with Crippen molar-refractivity contribution in [1.82, 2.24) is 0 Å². The first-order valence-electron chi connectivity index (χ1n) is 10.7. The molecule has 3 unspecified atom stereocenters. The van der Waals surface area contributed by atoms with Gasteiger partial charge in [-0.3, -0.25) is 0 Å². The Labute approximate surface area is 177 Å². The van der Waals surface area contributed by atoms with Crippen molar-refractivity contribution in [2.45, 2.75) is 24.7 Å². The van der Waals surface area contributed by atoms with E-state index in [0.29, 0.717) is 18.8 Å². The number of epoxide rings is 3. The van der Waals surface area contributed by atoms with Crippen molar-refractivity contribution in [2.24, 2.45) is 0 Å². The fraction of sp³-hybridized carbons (Fsp3) is 0.458. The number of aldehydes is 1. The lowest BCUT2D eigenvalue weighted by atomic mass is 10.0. The average Bonchev–Trinajstić information content (AvgIpc) is 3.60. The van der Waals surface area contributed by atoms with Gasteiger partial charge in [0.05, 0.1) is 44.7 Å². The lowest BCUT2D eigenvalue weighted by Gasteiger charge is -2.23. The van der Waals surface area contributed by atoms with Crippen LogP contribution in [0.15, 0.2) is 48.5 Å². The van der Waals surface area contributed by atoms with E-state index < -0.39 is 0 Å². The number of hydrogen-bond donors (Lipinski definition) is 0. The van der Waals surface area contributed by atoms with Crippen molar-refractivity contribution in [3.8, 4) is 0 Å². The van der Waals surface area contributed by atoms with Gasteiger partial charge in [0.1, 0.15) is 6.29 Å². The van der Waals surface area contributed by atoms with E-state index in [9.17, 15) is 4.79 Å². The normalized spacial score (nSPS) is 23.7. The van der Waals surface area contributed by atoms with E-state index in [0.717, 1.165) is 57.8 Å². The van der Waals surface area contributed by atoms with Gasteiger partial charge < -0.3 is 28.8 Å². The van der Waals surface area contributed by atoms with Crippen LogP contribution in [0.5, 0.6) is 0 Å². The molecule has 3 aliphatic rings. The number of benzene rings is 2. The molecular weight excluding hydrogens is 380 g/mol. The monoisotopic (exact) mass is 408 g/mol. The highest BCUT2D eigenvalue weighted by Crippen LogP contribution is 2.24. The average molecular weight is 408 g/mol. The summed E-state index contributed by atoms with van der Waals surface area (Å²) in [5.74, 6) is 0. The molecule has 0 spiro atoms. The van der Waals surface area contributed by atoms with Crippen LogP contribution < -0.4 is 9.80 Å². The fourth-order valence-corrected chi connectivity index (χ4v) is 3.80. The van der Waals surface area contributed by atoms with Crippen LogP contribution >= 0.6 is 0 Å². The molecule has 0 bridgehead atoms. The molecule has 158 valence electrons. The van der Waals surface area contributed by atoms with Gasteiger partial charge in [0.25, 0.3) is 0 Å². The van der Waals surface area contributed by atoms with Gasteiger partial charge in [-0.2, -0.15) is 0 Å². The summed E-state index contributed by atoms with van der Waals surface area (Å²) in [6, 6.07) is 17.3. The van der Waals surface area contributed by atoms with Crippen molar-refractivity contribution in [3.05, 3.63) is 59.7 Å². The van der Waals surface area contributed by atoms with Gasteiger partial charge in [0.15, 0.2) is 0 Å². The van der Waals surface area contributed by atoms with Crippen LogP contribution in [0.1, 0.15) is 11.1 Å². The van der Waals surface area contributed by atoms with Crippen molar-refractivity contribution < 1.29 is 19.0 Å². The second kappa shape index (κ2) is 8.76. The Morgan fingerprint density at radius 3 is 1.50 bits per heavy atom. The van der Waals surface area contributed by atoms with Crippen LogP contribution in [0.2, 0.25) is 0 Å². The molecule has 0 radical (unpaired) electrons. The molecule has 3 saturated heterocycles. The number of nitrogens with zero attached hydrogens (tertiary/aromatic N) is 2. The Balaban J connectivity index is 1.21. The number of carbonyl (C=O) groups is 1. The van der Waals surface area contributed by atoms with E-state index in [1.54, 1.807) is 0 Å². The Kier molecular flexibility index (Phi) is 5.71. The minimum atomic E-state index is 0.265. The first-order valence-corrected chi connectivity index (χ1v) is 10.7. The van der Waals surface area contributed by atoms with Crippen molar-refractivity contribution in [3.63, 3.8) is 0 Å². The molecule has 30 heavy (non-hydrogen) atoms. The molecule has 5 rings (SSSR count). The third-order valence-electron chi connectivity index (χ3n) is 5.79. The maximum atomic E-state index is 11.0. The summed E-state index contributed by atoms with van der Waals surface area (Å²) in [6.07, 6.45) is 2.84. The van der Waals surface area contributed by atoms with Crippen LogP contribution in [0.25, 0.3) is 0 Å². The van der Waals surface area contributed by atoms with E-state index in [-0.39, 0.29) is 6.10 Å². The first kappa shape index (κ1) is 19.5. The van der Waals surface area contributed by atoms with Crippen LogP contribution in [0.4, 0.5) is 11.4 Å². The zero-order valence-electron chi connectivity index (χ0n) is 17.1. The van der Waals surface area contributed by atoms with Crippen molar-refractivity contribution >= 4 is 17.7 Å². The van der Waals surface area contributed by atoms with E-state index in [2.05, 4.69) is 58.3 Å². The molecule has 0 aromatic heterocycles. The minimum Gasteiger partial charge on any atom is -0.371 e. The highest BCUT2D eigenvalue weighted by Gasteiger charge is 2.31. The third kappa shape index (κ3) is 5.39. The fourth-order valence-electron chi connectivity index (χ4n) is 3.80. The molecule has 3 atom stereocenters. The van der Waals surface area contributed by atoms with Gasteiger partial charge in [-0.15, -0.1) is 0 Å². The van der Waals surface area contributed by atoms with E-state index in [1.807, 2.05) is 0 Å². The van der Waals surface area contributed by atoms with Crippen LogP contribution in [0, 0.1) is 0 Å².